The van der Waals surface area contributed by atoms with Gasteiger partial charge >= 0.3 is 0 Å². The van der Waals surface area contributed by atoms with Crippen molar-refractivity contribution in [1.29, 1.82) is 0 Å². The number of nitrogens with two attached hydrogens (primary N) is 1. The number of hydrogen-bond donors (Lipinski definition) is 1. The van der Waals surface area contributed by atoms with E-state index in [2.05, 4.69) is 5.10 Å². The number of benzene rings is 1. The van der Waals surface area contributed by atoms with Crippen LogP contribution in [0, 0.1) is 0 Å². The number of nitrogen functional groups attached to an aromatic ring is 1. The van der Waals surface area contributed by atoms with E-state index in [9.17, 15) is 4.79 Å². The molecule has 0 saturated heterocycles. The molecule has 19 heavy (non-hydrogen) atoms. The third-order valence-corrected chi connectivity index (χ3v) is 3.03. The molecular weight excluding hydrogens is 264 g/mol. The molecular formula is C13H15ClN4O. The van der Waals surface area contributed by atoms with Gasteiger partial charge in [-0.2, -0.15) is 5.10 Å². The van der Waals surface area contributed by atoms with Gasteiger partial charge in [0.2, 0.25) is 0 Å². The van der Waals surface area contributed by atoms with Crippen LogP contribution < -0.4 is 16.2 Å². The van der Waals surface area contributed by atoms with E-state index in [1.54, 1.807) is 24.4 Å². The molecule has 2 rings (SSSR count). The summed E-state index contributed by atoms with van der Waals surface area (Å²) in [5, 5.41) is 4.71. The zero-order chi connectivity index (χ0) is 14.0. The van der Waals surface area contributed by atoms with Crippen molar-refractivity contribution in [2.24, 2.45) is 0 Å². The van der Waals surface area contributed by atoms with Crippen molar-refractivity contribution in [3.8, 4) is 0 Å². The second kappa shape index (κ2) is 5.32. The molecule has 0 amide bonds. The highest BCUT2D eigenvalue weighted by Crippen LogP contribution is 2.18. The fourth-order valence-corrected chi connectivity index (χ4v) is 1.85. The molecule has 0 saturated carbocycles. The van der Waals surface area contributed by atoms with Crippen LogP contribution in [0.25, 0.3) is 0 Å². The lowest BCUT2D eigenvalue weighted by molar-refractivity contribution is 0.639. The highest BCUT2D eigenvalue weighted by Gasteiger charge is 2.05. The Labute approximate surface area is 116 Å². The summed E-state index contributed by atoms with van der Waals surface area (Å²) in [5.41, 5.74) is 7.81. The highest BCUT2D eigenvalue weighted by atomic mass is 35.5. The number of aromatic nitrogens is 2. The Morgan fingerprint density at radius 1 is 1.37 bits per heavy atom. The monoisotopic (exact) mass is 278 g/mol. The van der Waals surface area contributed by atoms with Crippen molar-refractivity contribution in [1.82, 2.24) is 9.78 Å². The summed E-state index contributed by atoms with van der Waals surface area (Å²) in [6, 6.07) is 6.71. The van der Waals surface area contributed by atoms with Gasteiger partial charge in [0.15, 0.2) is 0 Å². The SMILES string of the molecule is CN(C)c1cnn(Cc2cc(Cl)ccc2N)c(=O)c1. The van der Waals surface area contributed by atoms with Gasteiger partial charge < -0.3 is 10.6 Å². The number of rotatable bonds is 3. The zero-order valence-corrected chi connectivity index (χ0v) is 11.6. The van der Waals surface area contributed by atoms with Gasteiger partial charge in [0, 0.05) is 30.9 Å². The van der Waals surface area contributed by atoms with Crippen LogP contribution in [-0.2, 0) is 6.54 Å². The fraction of sp³-hybridized carbons (Fsp3) is 0.231. The number of anilines is 2. The number of hydrogen-bond acceptors (Lipinski definition) is 4. The van der Waals surface area contributed by atoms with E-state index in [4.69, 9.17) is 17.3 Å². The molecule has 0 unspecified atom stereocenters. The summed E-state index contributed by atoms with van der Waals surface area (Å²) in [4.78, 5) is 13.8. The minimum absolute atomic E-state index is 0.175. The topological polar surface area (TPSA) is 64.2 Å². The van der Waals surface area contributed by atoms with Crippen LogP contribution in [0.3, 0.4) is 0 Å². The van der Waals surface area contributed by atoms with E-state index in [0.29, 0.717) is 17.3 Å². The first-order valence-corrected chi connectivity index (χ1v) is 6.13. The maximum atomic E-state index is 11.9. The van der Waals surface area contributed by atoms with Gasteiger partial charge in [0.1, 0.15) is 0 Å². The smallest absolute Gasteiger partial charge is 0.269 e. The Kier molecular flexibility index (Phi) is 3.76. The summed E-state index contributed by atoms with van der Waals surface area (Å²) in [6.45, 7) is 0.304. The highest BCUT2D eigenvalue weighted by molar-refractivity contribution is 6.30. The number of nitrogens with zero attached hydrogens (tertiary/aromatic N) is 3. The Hall–Kier alpha value is -2.01. The molecule has 100 valence electrons. The van der Waals surface area contributed by atoms with Gasteiger partial charge in [-0.1, -0.05) is 11.6 Å². The van der Waals surface area contributed by atoms with Crippen molar-refractivity contribution in [3.63, 3.8) is 0 Å². The minimum Gasteiger partial charge on any atom is -0.398 e. The van der Waals surface area contributed by atoms with Crippen molar-refractivity contribution < 1.29 is 0 Å². The van der Waals surface area contributed by atoms with Crippen molar-refractivity contribution in [2.45, 2.75) is 6.54 Å². The van der Waals surface area contributed by atoms with Crippen LogP contribution in [0.1, 0.15) is 5.56 Å². The van der Waals surface area contributed by atoms with Gasteiger partial charge in [-0.05, 0) is 23.8 Å². The maximum absolute atomic E-state index is 11.9. The molecule has 2 N–H and O–H groups in total. The quantitative estimate of drug-likeness (QED) is 0.866. The van der Waals surface area contributed by atoms with Gasteiger partial charge in [0.05, 0.1) is 18.4 Å². The first-order valence-electron chi connectivity index (χ1n) is 5.76. The summed E-state index contributed by atoms with van der Waals surface area (Å²) in [7, 11) is 3.71. The molecule has 0 fully saturated rings. The molecule has 0 bridgehead atoms. The van der Waals surface area contributed by atoms with Gasteiger partial charge in [-0.3, -0.25) is 4.79 Å². The van der Waals surface area contributed by atoms with Crippen LogP contribution in [0.4, 0.5) is 11.4 Å². The second-order valence-corrected chi connectivity index (χ2v) is 4.88. The van der Waals surface area contributed by atoms with Crippen molar-refractivity contribution in [3.05, 3.63) is 51.4 Å². The first kappa shape index (κ1) is 13.4. The predicted octanol–water partition coefficient (Wildman–Crippen LogP) is 1.59. The molecule has 6 heteroatoms. The van der Waals surface area contributed by atoms with E-state index in [0.717, 1.165) is 11.3 Å². The van der Waals surface area contributed by atoms with Crippen molar-refractivity contribution in [2.75, 3.05) is 24.7 Å². The summed E-state index contributed by atoms with van der Waals surface area (Å²) < 4.78 is 1.36. The lowest BCUT2D eigenvalue weighted by Gasteiger charge is -2.13. The third kappa shape index (κ3) is 3.06. The zero-order valence-electron chi connectivity index (χ0n) is 10.8. The third-order valence-electron chi connectivity index (χ3n) is 2.80. The molecule has 0 radical (unpaired) electrons. The lowest BCUT2D eigenvalue weighted by Crippen LogP contribution is -2.25. The Morgan fingerprint density at radius 2 is 2.11 bits per heavy atom. The molecule has 5 nitrogen and oxygen atoms in total. The van der Waals surface area contributed by atoms with Gasteiger partial charge in [0.25, 0.3) is 5.56 Å². The molecule has 2 aromatic rings. The molecule has 0 aliphatic rings. The normalized spacial score (nSPS) is 10.5. The first-order chi connectivity index (χ1) is 8.97. The average molecular weight is 279 g/mol. The minimum atomic E-state index is -0.175. The largest absolute Gasteiger partial charge is 0.398 e. The van der Waals surface area contributed by atoms with Crippen molar-refractivity contribution >= 4 is 23.0 Å². The molecule has 0 aliphatic carbocycles. The Morgan fingerprint density at radius 3 is 2.74 bits per heavy atom. The summed E-state index contributed by atoms with van der Waals surface area (Å²) in [6.07, 6.45) is 1.64. The van der Waals surface area contributed by atoms with Gasteiger partial charge in [-0.25, -0.2) is 4.68 Å². The molecule has 0 aliphatic heterocycles. The predicted molar refractivity (Wildman–Crippen MR) is 77.8 cm³/mol. The number of halogens is 1. The second-order valence-electron chi connectivity index (χ2n) is 4.45. The van der Waals surface area contributed by atoms with Crippen LogP contribution >= 0.6 is 11.6 Å². The Bertz CT molecular complexity index is 651. The molecule has 1 heterocycles. The molecule has 1 aromatic carbocycles. The summed E-state index contributed by atoms with van der Waals surface area (Å²) >= 11 is 5.92. The van der Waals surface area contributed by atoms with Crippen LogP contribution in [-0.4, -0.2) is 23.9 Å². The Balaban J connectivity index is 2.34. The van der Waals surface area contributed by atoms with Crippen LogP contribution in [0.15, 0.2) is 35.3 Å². The summed E-state index contributed by atoms with van der Waals surface area (Å²) in [5.74, 6) is 0. The van der Waals surface area contributed by atoms with E-state index < -0.39 is 0 Å². The van der Waals surface area contributed by atoms with E-state index in [1.807, 2.05) is 19.0 Å². The van der Waals surface area contributed by atoms with Gasteiger partial charge in [-0.15, -0.1) is 0 Å². The molecule has 0 spiro atoms. The fourth-order valence-electron chi connectivity index (χ4n) is 1.66. The lowest BCUT2D eigenvalue weighted by atomic mass is 10.2. The van der Waals surface area contributed by atoms with E-state index in [1.165, 1.54) is 10.7 Å². The molecule has 1 aromatic heterocycles. The average Bonchev–Trinajstić information content (AvgIpc) is 2.36. The van der Waals surface area contributed by atoms with Crippen LogP contribution in [0.2, 0.25) is 5.02 Å². The standard InChI is InChI=1S/C13H15ClN4O/c1-17(2)11-6-13(19)18(16-7-11)8-9-5-10(14)3-4-12(9)15/h3-7H,8,15H2,1-2H3. The van der Waals surface area contributed by atoms with E-state index in [-0.39, 0.29) is 5.56 Å². The maximum Gasteiger partial charge on any atom is 0.269 e. The van der Waals surface area contributed by atoms with E-state index >= 15 is 0 Å². The molecule has 0 atom stereocenters. The van der Waals surface area contributed by atoms with Crippen LogP contribution in [0.5, 0.6) is 0 Å².